The van der Waals surface area contributed by atoms with Crippen molar-refractivity contribution in [3.05, 3.63) is 5.89 Å². The van der Waals surface area contributed by atoms with Crippen LogP contribution in [-0.4, -0.2) is 36.5 Å². The van der Waals surface area contributed by atoms with Gasteiger partial charge < -0.3 is 14.1 Å². The number of rotatable bonds is 8. The highest BCUT2D eigenvalue weighted by Crippen LogP contribution is 2.19. The highest BCUT2D eigenvalue weighted by molar-refractivity contribution is 6.16. The van der Waals surface area contributed by atoms with E-state index in [1.807, 2.05) is 0 Å². The van der Waals surface area contributed by atoms with Crippen molar-refractivity contribution in [2.24, 2.45) is 0 Å². The number of hydrogen-bond acceptors (Lipinski definition) is 5. The van der Waals surface area contributed by atoms with E-state index in [-0.39, 0.29) is 5.88 Å². The molecule has 0 bridgehead atoms. The van der Waals surface area contributed by atoms with E-state index in [9.17, 15) is 0 Å². The maximum absolute atomic E-state index is 5.66. The first-order valence-electron chi connectivity index (χ1n) is 5.90. The van der Waals surface area contributed by atoms with Gasteiger partial charge in [-0.3, -0.25) is 0 Å². The molecular weight excluding hydrogens is 242 g/mol. The predicted octanol–water partition coefficient (Wildman–Crippen LogP) is 2.45. The van der Waals surface area contributed by atoms with Gasteiger partial charge in [0.05, 0.1) is 6.61 Å². The van der Waals surface area contributed by atoms with Gasteiger partial charge in [-0.05, 0) is 12.8 Å². The highest BCUT2D eigenvalue weighted by Gasteiger charge is 2.20. The number of hydrogen-bond donors (Lipinski definition) is 0. The van der Waals surface area contributed by atoms with E-state index in [4.69, 9.17) is 20.8 Å². The van der Waals surface area contributed by atoms with E-state index >= 15 is 0 Å². The molecule has 0 aliphatic rings. The fraction of sp³-hybridized carbons (Fsp3) is 0.818. The lowest BCUT2D eigenvalue weighted by Crippen LogP contribution is -2.37. The van der Waals surface area contributed by atoms with Crippen LogP contribution in [0, 0.1) is 0 Å². The van der Waals surface area contributed by atoms with Crippen molar-refractivity contribution in [3.8, 4) is 0 Å². The third-order valence-corrected chi connectivity index (χ3v) is 2.96. The molecule has 0 radical (unpaired) electrons. The summed E-state index contributed by atoms with van der Waals surface area (Å²) in [7, 11) is 1.68. The predicted molar refractivity (Wildman–Crippen MR) is 67.4 cm³/mol. The maximum Gasteiger partial charge on any atom is 0.318 e. The van der Waals surface area contributed by atoms with Gasteiger partial charge in [0.2, 0.25) is 5.89 Å². The smallest absolute Gasteiger partial charge is 0.318 e. The average Bonchev–Trinajstić information content (AvgIpc) is 2.83. The second-order valence-electron chi connectivity index (χ2n) is 3.77. The molecule has 0 atom stereocenters. The summed E-state index contributed by atoms with van der Waals surface area (Å²) in [5.74, 6) is 0.698. The average molecular weight is 262 g/mol. The lowest BCUT2D eigenvalue weighted by atomic mass is 10.1. The monoisotopic (exact) mass is 261 g/mol. The van der Waals surface area contributed by atoms with Crippen molar-refractivity contribution < 1.29 is 9.15 Å². The molecule has 1 heterocycles. The minimum atomic E-state index is 0.244. The Balaban J connectivity index is 2.80. The fourth-order valence-corrected chi connectivity index (χ4v) is 1.88. The number of alkyl halides is 1. The van der Waals surface area contributed by atoms with Crippen molar-refractivity contribution >= 4 is 17.6 Å². The van der Waals surface area contributed by atoms with Gasteiger partial charge in [-0.15, -0.1) is 16.7 Å². The molecule has 0 spiro atoms. The molecule has 1 aromatic rings. The Morgan fingerprint density at radius 3 is 2.53 bits per heavy atom. The van der Waals surface area contributed by atoms with Crippen LogP contribution in [0.25, 0.3) is 0 Å². The topological polar surface area (TPSA) is 51.4 Å². The van der Waals surface area contributed by atoms with E-state index < -0.39 is 0 Å². The summed E-state index contributed by atoms with van der Waals surface area (Å²) in [5.41, 5.74) is 0. The summed E-state index contributed by atoms with van der Waals surface area (Å²) in [5, 5.41) is 7.91. The van der Waals surface area contributed by atoms with Crippen molar-refractivity contribution in [3.63, 3.8) is 0 Å². The quantitative estimate of drug-likeness (QED) is 0.673. The zero-order chi connectivity index (χ0) is 12.7. The molecule has 1 aromatic heterocycles. The first kappa shape index (κ1) is 14.3. The number of aromatic nitrogens is 2. The largest absolute Gasteiger partial charge is 0.407 e. The standard InChI is InChI=1S/C11H20ClN3O2/c1-4-9(5-2)15(6-7-16-3)11-14-13-10(8-12)17-11/h9H,4-8H2,1-3H3. The third-order valence-electron chi connectivity index (χ3n) is 2.74. The van der Waals surface area contributed by atoms with Crippen LogP contribution in [0.4, 0.5) is 6.01 Å². The van der Waals surface area contributed by atoms with E-state index in [2.05, 4.69) is 28.9 Å². The molecule has 0 aliphatic carbocycles. The lowest BCUT2D eigenvalue weighted by Gasteiger charge is -2.28. The minimum absolute atomic E-state index is 0.244. The highest BCUT2D eigenvalue weighted by atomic mass is 35.5. The summed E-state index contributed by atoms with van der Waals surface area (Å²) >= 11 is 5.66. The van der Waals surface area contributed by atoms with E-state index in [0.29, 0.717) is 24.6 Å². The van der Waals surface area contributed by atoms with Crippen molar-refractivity contribution in [2.45, 2.75) is 38.6 Å². The molecule has 0 amide bonds. The Labute approximate surface area is 107 Å². The molecule has 0 N–H and O–H groups in total. The van der Waals surface area contributed by atoms with Crippen LogP contribution in [-0.2, 0) is 10.6 Å². The lowest BCUT2D eigenvalue weighted by molar-refractivity contribution is 0.200. The molecule has 98 valence electrons. The van der Waals surface area contributed by atoms with E-state index in [0.717, 1.165) is 19.4 Å². The molecule has 0 unspecified atom stereocenters. The number of nitrogens with zero attached hydrogens (tertiary/aromatic N) is 3. The Morgan fingerprint density at radius 1 is 1.35 bits per heavy atom. The Hall–Kier alpha value is -0.810. The Morgan fingerprint density at radius 2 is 2.06 bits per heavy atom. The van der Waals surface area contributed by atoms with Gasteiger partial charge in [0.15, 0.2) is 0 Å². The molecule has 0 aliphatic heterocycles. The third kappa shape index (κ3) is 3.85. The van der Waals surface area contributed by atoms with Crippen LogP contribution in [0.2, 0.25) is 0 Å². The number of ether oxygens (including phenoxy) is 1. The molecular formula is C11H20ClN3O2. The van der Waals surface area contributed by atoms with Crippen LogP contribution < -0.4 is 4.90 Å². The molecule has 17 heavy (non-hydrogen) atoms. The molecule has 5 nitrogen and oxygen atoms in total. The van der Waals surface area contributed by atoms with Crippen molar-refractivity contribution in [1.29, 1.82) is 0 Å². The summed E-state index contributed by atoms with van der Waals surface area (Å²) in [6.45, 7) is 5.67. The van der Waals surface area contributed by atoms with Gasteiger partial charge in [0.1, 0.15) is 5.88 Å². The summed E-state index contributed by atoms with van der Waals surface area (Å²) in [6, 6.07) is 0.917. The van der Waals surface area contributed by atoms with Crippen LogP contribution in [0.15, 0.2) is 4.42 Å². The van der Waals surface area contributed by atoms with Crippen LogP contribution in [0.5, 0.6) is 0 Å². The number of halogens is 1. The van der Waals surface area contributed by atoms with Crippen molar-refractivity contribution in [1.82, 2.24) is 10.2 Å². The fourth-order valence-electron chi connectivity index (χ4n) is 1.77. The van der Waals surface area contributed by atoms with E-state index in [1.54, 1.807) is 7.11 Å². The number of methoxy groups -OCH3 is 1. The second kappa shape index (κ2) is 7.50. The minimum Gasteiger partial charge on any atom is -0.407 e. The summed E-state index contributed by atoms with van der Waals surface area (Å²) < 4.78 is 10.6. The molecule has 1 rings (SSSR count). The van der Waals surface area contributed by atoms with Gasteiger partial charge >= 0.3 is 6.01 Å². The van der Waals surface area contributed by atoms with Crippen LogP contribution >= 0.6 is 11.6 Å². The SMILES string of the molecule is CCC(CC)N(CCOC)c1nnc(CCl)o1. The Kier molecular flexibility index (Phi) is 6.29. The molecule has 0 saturated heterocycles. The first-order chi connectivity index (χ1) is 8.26. The summed E-state index contributed by atoms with van der Waals surface area (Å²) in [6.07, 6.45) is 2.05. The second-order valence-corrected chi connectivity index (χ2v) is 4.04. The van der Waals surface area contributed by atoms with E-state index in [1.165, 1.54) is 0 Å². The molecule has 0 fully saturated rings. The van der Waals surface area contributed by atoms with Gasteiger partial charge in [-0.1, -0.05) is 18.9 Å². The maximum atomic E-state index is 5.66. The van der Waals surface area contributed by atoms with Crippen molar-refractivity contribution in [2.75, 3.05) is 25.2 Å². The number of anilines is 1. The van der Waals surface area contributed by atoms with Gasteiger partial charge in [0.25, 0.3) is 0 Å². The molecule has 0 aromatic carbocycles. The zero-order valence-electron chi connectivity index (χ0n) is 10.6. The van der Waals surface area contributed by atoms with Gasteiger partial charge in [0, 0.05) is 19.7 Å². The van der Waals surface area contributed by atoms with Crippen LogP contribution in [0.3, 0.4) is 0 Å². The first-order valence-corrected chi connectivity index (χ1v) is 6.44. The molecule has 6 heteroatoms. The zero-order valence-corrected chi connectivity index (χ0v) is 11.4. The normalized spacial score (nSPS) is 11.1. The van der Waals surface area contributed by atoms with Gasteiger partial charge in [-0.2, -0.15) is 0 Å². The van der Waals surface area contributed by atoms with Gasteiger partial charge in [-0.25, -0.2) is 0 Å². The summed E-state index contributed by atoms with van der Waals surface area (Å²) in [4.78, 5) is 2.09. The van der Waals surface area contributed by atoms with Crippen LogP contribution in [0.1, 0.15) is 32.6 Å². The Bertz CT molecular complexity index is 315. The molecule has 0 saturated carbocycles.